The van der Waals surface area contributed by atoms with Gasteiger partial charge < -0.3 is 20.7 Å². The van der Waals surface area contributed by atoms with Gasteiger partial charge in [-0.25, -0.2) is 0 Å². The minimum absolute atomic E-state index is 0.0580. The molecular formula is C11H13N3O3. The number of aromatic nitrogens is 1. The summed E-state index contributed by atoms with van der Waals surface area (Å²) in [6, 6.07) is 6.98. The van der Waals surface area contributed by atoms with E-state index in [0.717, 1.165) is 4.73 Å². The molecule has 90 valence electrons. The zero-order valence-electron chi connectivity index (χ0n) is 9.18. The van der Waals surface area contributed by atoms with E-state index in [1.54, 1.807) is 24.3 Å². The Morgan fingerprint density at radius 3 is 2.94 bits per heavy atom. The summed E-state index contributed by atoms with van der Waals surface area (Å²) >= 11 is 0. The Labute approximate surface area is 97.6 Å². The SMILES string of the molecule is NCC(=O)NCCc1oc2ccccc2[n+]1[O-]. The molecule has 0 fully saturated rings. The summed E-state index contributed by atoms with van der Waals surface area (Å²) in [6.07, 6.45) is 0.337. The van der Waals surface area contributed by atoms with Gasteiger partial charge in [-0.05, 0) is 6.07 Å². The van der Waals surface area contributed by atoms with Gasteiger partial charge in [0.2, 0.25) is 11.5 Å². The number of para-hydroxylation sites is 2. The minimum Gasteiger partial charge on any atom is -0.616 e. The molecule has 6 nitrogen and oxygen atoms in total. The van der Waals surface area contributed by atoms with Crippen LogP contribution in [-0.2, 0) is 11.2 Å². The van der Waals surface area contributed by atoms with Gasteiger partial charge in [-0.1, -0.05) is 12.1 Å². The third-order valence-electron chi connectivity index (χ3n) is 2.38. The van der Waals surface area contributed by atoms with Gasteiger partial charge in [0.25, 0.3) is 5.52 Å². The number of nitrogens with zero attached hydrogens (tertiary/aromatic N) is 1. The number of carbonyl (C=O) groups is 1. The molecular weight excluding hydrogens is 222 g/mol. The highest BCUT2D eigenvalue weighted by atomic mass is 16.5. The van der Waals surface area contributed by atoms with E-state index < -0.39 is 0 Å². The smallest absolute Gasteiger partial charge is 0.361 e. The first kappa shape index (κ1) is 11.4. The third-order valence-corrected chi connectivity index (χ3v) is 2.38. The van der Waals surface area contributed by atoms with Crippen LogP contribution in [0.3, 0.4) is 0 Å². The molecule has 17 heavy (non-hydrogen) atoms. The molecule has 3 N–H and O–H groups in total. The Balaban J connectivity index is 2.09. The number of nitrogens with two attached hydrogens (primary N) is 1. The summed E-state index contributed by atoms with van der Waals surface area (Å²) < 4.78 is 6.12. The Morgan fingerprint density at radius 2 is 2.24 bits per heavy atom. The molecule has 0 aliphatic rings. The molecule has 0 saturated heterocycles. The maximum atomic E-state index is 11.8. The minimum atomic E-state index is -0.251. The summed E-state index contributed by atoms with van der Waals surface area (Å²) in [5, 5.41) is 14.3. The number of carbonyl (C=O) groups excluding carboxylic acids is 1. The summed E-state index contributed by atoms with van der Waals surface area (Å²) in [5.41, 5.74) is 6.18. The monoisotopic (exact) mass is 235 g/mol. The number of nitrogens with one attached hydrogen (secondary N) is 1. The number of hydrogen-bond donors (Lipinski definition) is 2. The van der Waals surface area contributed by atoms with Gasteiger partial charge in [-0.2, -0.15) is 0 Å². The number of oxazole rings is 1. The Morgan fingerprint density at radius 1 is 1.47 bits per heavy atom. The van der Waals surface area contributed by atoms with Crippen LogP contribution in [0.2, 0.25) is 0 Å². The highest BCUT2D eigenvalue weighted by Gasteiger charge is 2.16. The van der Waals surface area contributed by atoms with Gasteiger partial charge in [-0.3, -0.25) is 4.79 Å². The zero-order valence-corrected chi connectivity index (χ0v) is 9.18. The zero-order chi connectivity index (χ0) is 12.3. The maximum Gasteiger partial charge on any atom is 0.361 e. The quantitative estimate of drug-likeness (QED) is 0.561. The van der Waals surface area contributed by atoms with Crippen LogP contribution in [0, 0.1) is 5.21 Å². The third kappa shape index (κ3) is 2.36. The van der Waals surface area contributed by atoms with Crippen molar-refractivity contribution in [3.05, 3.63) is 35.4 Å². The number of fused-ring (bicyclic) bond motifs is 1. The Bertz CT molecular complexity index is 536. The van der Waals surface area contributed by atoms with E-state index in [1.807, 2.05) is 0 Å². The standard InChI is InChI=1S/C11H13N3O3/c12-7-10(15)13-6-5-11-14(16)8-3-1-2-4-9(8)17-11/h1-4H,5-7,12H2,(H,13,15). The van der Waals surface area contributed by atoms with Gasteiger partial charge in [-0.15, -0.1) is 4.73 Å². The molecule has 0 spiro atoms. The number of hydrogen-bond acceptors (Lipinski definition) is 4. The topological polar surface area (TPSA) is 95.2 Å². The van der Waals surface area contributed by atoms with Crippen molar-refractivity contribution in [1.29, 1.82) is 0 Å². The molecule has 2 rings (SSSR count). The van der Waals surface area contributed by atoms with Crippen LogP contribution in [0.5, 0.6) is 0 Å². The fourth-order valence-electron chi connectivity index (χ4n) is 1.55. The van der Waals surface area contributed by atoms with Crippen molar-refractivity contribution in [2.45, 2.75) is 6.42 Å². The first-order valence-corrected chi connectivity index (χ1v) is 5.29. The molecule has 0 unspecified atom stereocenters. The second-order valence-corrected chi connectivity index (χ2v) is 3.56. The van der Waals surface area contributed by atoms with E-state index in [1.165, 1.54) is 0 Å². The molecule has 0 atom stereocenters. The largest absolute Gasteiger partial charge is 0.616 e. The van der Waals surface area contributed by atoms with Gasteiger partial charge in [0.05, 0.1) is 13.0 Å². The molecule has 0 radical (unpaired) electrons. The summed E-state index contributed by atoms with van der Waals surface area (Å²) in [7, 11) is 0. The first-order valence-electron chi connectivity index (χ1n) is 5.29. The van der Waals surface area contributed by atoms with E-state index in [9.17, 15) is 10.0 Å². The summed E-state index contributed by atoms with van der Waals surface area (Å²) in [6.45, 7) is 0.273. The predicted octanol–water partition coefficient (Wildman–Crippen LogP) is -0.316. The van der Waals surface area contributed by atoms with Gasteiger partial charge >= 0.3 is 5.89 Å². The molecule has 1 amide bonds. The number of rotatable bonds is 4. The highest BCUT2D eigenvalue weighted by molar-refractivity contribution is 5.77. The summed E-state index contributed by atoms with van der Waals surface area (Å²) in [5.74, 6) is 0.0297. The van der Waals surface area contributed by atoms with Crippen LogP contribution in [0.4, 0.5) is 0 Å². The molecule has 0 aliphatic carbocycles. The molecule has 2 aromatic rings. The van der Waals surface area contributed by atoms with Gasteiger partial charge in [0.1, 0.15) is 0 Å². The predicted molar refractivity (Wildman–Crippen MR) is 60.9 cm³/mol. The highest BCUT2D eigenvalue weighted by Crippen LogP contribution is 2.12. The lowest BCUT2D eigenvalue weighted by atomic mass is 10.3. The van der Waals surface area contributed by atoms with E-state index in [4.69, 9.17) is 10.2 Å². The lowest BCUT2D eigenvalue weighted by molar-refractivity contribution is -0.592. The van der Waals surface area contributed by atoms with E-state index in [2.05, 4.69) is 5.32 Å². The van der Waals surface area contributed by atoms with E-state index >= 15 is 0 Å². The van der Waals surface area contributed by atoms with Crippen molar-refractivity contribution in [2.24, 2.45) is 5.73 Å². The normalized spacial score (nSPS) is 10.6. The lowest BCUT2D eigenvalue weighted by Gasteiger charge is -2.00. The van der Waals surface area contributed by atoms with Crippen LogP contribution in [0.1, 0.15) is 5.89 Å². The maximum absolute atomic E-state index is 11.8. The Kier molecular flexibility index (Phi) is 3.24. The van der Waals surface area contributed by atoms with Crippen molar-refractivity contribution < 1.29 is 13.9 Å². The molecule has 0 bridgehead atoms. The van der Waals surface area contributed by atoms with Crippen molar-refractivity contribution in [1.82, 2.24) is 5.32 Å². The van der Waals surface area contributed by atoms with Crippen molar-refractivity contribution >= 4 is 17.0 Å². The van der Waals surface area contributed by atoms with Crippen LogP contribution < -0.4 is 15.8 Å². The van der Waals surface area contributed by atoms with E-state index in [-0.39, 0.29) is 18.3 Å². The molecule has 0 aliphatic heterocycles. The van der Waals surface area contributed by atoms with Crippen molar-refractivity contribution in [3.8, 4) is 0 Å². The molecule has 1 heterocycles. The van der Waals surface area contributed by atoms with Crippen LogP contribution in [-0.4, -0.2) is 19.0 Å². The number of amides is 1. The van der Waals surface area contributed by atoms with Crippen molar-refractivity contribution in [3.63, 3.8) is 0 Å². The fraction of sp³-hybridized carbons (Fsp3) is 0.273. The molecule has 0 saturated carbocycles. The molecule has 1 aromatic heterocycles. The van der Waals surface area contributed by atoms with Gasteiger partial charge in [0.15, 0.2) is 0 Å². The second kappa shape index (κ2) is 4.84. The van der Waals surface area contributed by atoms with Crippen molar-refractivity contribution in [2.75, 3.05) is 13.1 Å². The number of benzene rings is 1. The second-order valence-electron chi connectivity index (χ2n) is 3.56. The van der Waals surface area contributed by atoms with Gasteiger partial charge in [0, 0.05) is 12.6 Å². The lowest BCUT2D eigenvalue weighted by Crippen LogP contribution is -2.35. The average Bonchev–Trinajstić information content (AvgIpc) is 2.67. The fourth-order valence-corrected chi connectivity index (χ4v) is 1.55. The van der Waals surface area contributed by atoms with Crippen LogP contribution in [0.25, 0.3) is 11.1 Å². The first-order chi connectivity index (χ1) is 8.22. The van der Waals surface area contributed by atoms with Crippen LogP contribution >= 0.6 is 0 Å². The van der Waals surface area contributed by atoms with Crippen LogP contribution in [0.15, 0.2) is 28.7 Å². The summed E-state index contributed by atoms with van der Waals surface area (Å²) in [4.78, 5) is 10.9. The Hall–Kier alpha value is -2.08. The van der Waals surface area contributed by atoms with E-state index in [0.29, 0.717) is 24.1 Å². The molecule has 1 aromatic carbocycles. The average molecular weight is 235 g/mol. The molecule has 6 heteroatoms.